The minimum Gasteiger partial charge on any atom is -0.495 e. The van der Waals surface area contributed by atoms with Crippen molar-refractivity contribution >= 4 is 34.2 Å². The summed E-state index contributed by atoms with van der Waals surface area (Å²) in [5.74, 6) is 1.59. The Bertz CT molecular complexity index is 718. The molecule has 122 valence electrons. The highest BCUT2D eigenvalue weighted by Gasteiger charge is 2.21. The van der Waals surface area contributed by atoms with E-state index in [1.807, 2.05) is 24.3 Å². The van der Waals surface area contributed by atoms with Crippen molar-refractivity contribution in [3.63, 3.8) is 0 Å². The summed E-state index contributed by atoms with van der Waals surface area (Å²) >= 11 is 2.11. The fraction of sp³-hybridized carbons (Fsp3) is 0.235. The summed E-state index contributed by atoms with van der Waals surface area (Å²) in [5.41, 5.74) is 1.24. The largest absolute Gasteiger partial charge is 0.495 e. The number of carbonyl (C=O) groups excluding carboxylic acids is 1. The Hall–Kier alpha value is -1.96. The van der Waals surface area contributed by atoms with Gasteiger partial charge in [-0.05, 0) is 46.9 Å². The third-order valence-electron chi connectivity index (χ3n) is 3.45. The number of hydrogen-bond donors (Lipinski definition) is 0. The van der Waals surface area contributed by atoms with Crippen LogP contribution < -0.4 is 19.1 Å². The van der Waals surface area contributed by atoms with Crippen LogP contribution in [0.2, 0.25) is 0 Å². The lowest BCUT2D eigenvalue weighted by Crippen LogP contribution is -2.27. The van der Waals surface area contributed by atoms with Crippen molar-refractivity contribution in [2.75, 3.05) is 33.3 Å². The van der Waals surface area contributed by atoms with E-state index in [9.17, 15) is 4.79 Å². The number of halogens is 1. The Morgan fingerprint density at radius 2 is 1.52 bits per heavy atom. The van der Waals surface area contributed by atoms with Crippen LogP contribution in [0.15, 0.2) is 36.4 Å². The van der Waals surface area contributed by atoms with Crippen molar-refractivity contribution in [1.82, 2.24) is 0 Å². The predicted molar refractivity (Wildman–Crippen MR) is 98.0 cm³/mol. The summed E-state index contributed by atoms with van der Waals surface area (Å²) < 4.78 is 16.7. The molecule has 2 rings (SSSR count). The molecule has 23 heavy (non-hydrogen) atoms. The summed E-state index contributed by atoms with van der Waals surface area (Å²) in [5, 5.41) is 0. The van der Waals surface area contributed by atoms with Gasteiger partial charge in [-0.3, -0.25) is 4.79 Å². The third kappa shape index (κ3) is 3.52. The second-order valence-corrected chi connectivity index (χ2v) is 5.89. The molecule has 0 unspecified atom stereocenters. The average molecular weight is 427 g/mol. The molecule has 5 nitrogen and oxygen atoms in total. The fourth-order valence-electron chi connectivity index (χ4n) is 2.22. The van der Waals surface area contributed by atoms with Crippen molar-refractivity contribution in [3.05, 3.63) is 45.5 Å². The van der Waals surface area contributed by atoms with Gasteiger partial charge in [-0.25, -0.2) is 0 Å². The van der Waals surface area contributed by atoms with Gasteiger partial charge in [-0.2, -0.15) is 0 Å². The van der Waals surface area contributed by atoms with Crippen LogP contribution in [0.25, 0.3) is 0 Å². The highest BCUT2D eigenvalue weighted by Crippen LogP contribution is 2.33. The van der Waals surface area contributed by atoms with Gasteiger partial charge in [0.25, 0.3) is 5.91 Å². The first kappa shape index (κ1) is 17.4. The number of methoxy groups -OCH3 is 3. The SMILES string of the molecule is COc1cc(I)c(C(=O)N(C)c2ccccc2OC)cc1OC. The van der Waals surface area contributed by atoms with E-state index in [0.29, 0.717) is 28.5 Å². The predicted octanol–water partition coefficient (Wildman–Crippen LogP) is 3.59. The molecular formula is C17H18INO4. The Morgan fingerprint density at radius 1 is 0.957 bits per heavy atom. The van der Waals surface area contributed by atoms with Crippen LogP contribution in [0.1, 0.15) is 10.4 Å². The van der Waals surface area contributed by atoms with Crippen molar-refractivity contribution < 1.29 is 19.0 Å². The molecule has 0 saturated heterocycles. The van der Waals surface area contributed by atoms with E-state index in [1.165, 1.54) is 0 Å². The molecule has 0 fully saturated rings. The molecule has 2 aromatic carbocycles. The molecule has 2 aromatic rings. The van der Waals surface area contributed by atoms with E-state index in [2.05, 4.69) is 22.6 Å². The maximum atomic E-state index is 12.9. The zero-order chi connectivity index (χ0) is 17.0. The zero-order valence-electron chi connectivity index (χ0n) is 13.4. The van der Waals surface area contributed by atoms with Crippen LogP contribution in [-0.2, 0) is 0 Å². The average Bonchev–Trinajstić information content (AvgIpc) is 2.60. The van der Waals surface area contributed by atoms with E-state index in [1.54, 1.807) is 45.4 Å². The van der Waals surface area contributed by atoms with Gasteiger partial charge in [-0.1, -0.05) is 12.1 Å². The summed E-state index contributed by atoms with van der Waals surface area (Å²) in [7, 11) is 6.41. The third-order valence-corrected chi connectivity index (χ3v) is 4.35. The van der Waals surface area contributed by atoms with E-state index >= 15 is 0 Å². The van der Waals surface area contributed by atoms with E-state index in [4.69, 9.17) is 14.2 Å². The van der Waals surface area contributed by atoms with Gasteiger partial charge in [0.15, 0.2) is 11.5 Å². The highest BCUT2D eigenvalue weighted by molar-refractivity contribution is 14.1. The molecule has 0 aliphatic heterocycles. The first-order valence-corrected chi connectivity index (χ1v) is 7.94. The molecule has 0 aliphatic carbocycles. The Kier molecular flexibility index (Phi) is 5.70. The second-order valence-electron chi connectivity index (χ2n) is 4.72. The molecule has 0 N–H and O–H groups in total. The van der Waals surface area contributed by atoms with Crippen molar-refractivity contribution in [2.45, 2.75) is 0 Å². The Morgan fingerprint density at radius 3 is 2.13 bits per heavy atom. The Labute approximate surface area is 149 Å². The molecule has 0 spiro atoms. The second kappa shape index (κ2) is 7.54. The standard InChI is InChI=1S/C17H18INO4/c1-19(13-7-5-6-8-14(13)21-2)17(20)11-9-15(22-3)16(23-4)10-12(11)18/h5-10H,1-4H3. The lowest BCUT2D eigenvalue weighted by Gasteiger charge is -2.21. The van der Waals surface area contributed by atoms with Crippen LogP contribution in [0, 0.1) is 3.57 Å². The lowest BCUT2D eigenvalue weighted by atomic mass is 10.1. The molecule has 0 heterocycles. The number of benzene rings is 2. The zero-order valence-corrected chi connectivity index (χ0v) is 15.6. The molecule has 0 bridgehead atoms. The summed E-state index contributed by atoms with van der Waals surface area (Å²) in [6.45, 7) is 0. The first-order chi connectivity index (χ1) is 11.0. The van der Waals surface area contributed by atoms with E-state index < -0.39 is 0 Å². The molecular weight excluding hydrogens is 409 g/mol. The molecule has 6 heteroatoms. The number of rotatable bonds is 5. The minimum atomic E-state index is -0.153. The van der Waals surface area contributed by atoms with Crippen LogP contribution in [0.3, 0.4) is 0 Å². The number of nitrogens with zero attached hydrogens (tertiary/aromatic N) is 1. The topological polar surface area (TPSA) is 48.0 Å². The molecule has 0 atom stereocenters. The maximum absolute atomic E-state index is 12.9. The normalized spacial score (nSPS) is 10.1. The number of carbonyl (C=O) groups is 1. The van der Waals surface area contributed by atoms with E-state index in [0.717, 1.165) is 3.57 Å². The van der Waals surface area contributed by atoms with E-state index in [-0.39, 0.29) is 5.91 Å². The van der Waals surface area contributed by atoms with Gasteiger partial charge in [0.2, 0.25) is 0 Å². The number of amides is 1. The quantitative estimate of drug-likeness (QED) is 0.685. The molecule has 0 aliphatic rings. The molecule has 1 amide bonds. The van der Waals surface area contributed by atoms with Crippen LogP contribution in [-0.4, -0.2) is 34.3 Å². The molecule has 0 saturated carbocycles. The van der Waals surface area contributed by atoms with Gasteiger partial charge < -0.3 is 19.1 Å². The van der Waals surface area contributed by atoms with Gasteiger partial charge in [0, 0.05) is 10.6 Å². The maximum Gasteiger partial charge on any atom is 0.259 e. The summed E-state index contributed by atoms with van der Waals surface area (Å²) in [4.78, 5) is 14.4. The highest BCUT2D eigenvalue weighted by atomic mass is 127. The minimum absolute atomic E-state index is 0.153. The smallest absolute Gasteiger partial charge is 0.259 e. The number of ether oxygens (including phenoxy) is 3. The number of anilines is 1. The summed E-state index contributed by atoms with van der Waals surface area (Å²) in [6, 6.07) is 10.8. The Balaban J connectivity index is 2.44. The van der Waals surface area contributed by atoms with Gasteiger partial charge in [-0.15, -0.1) is 0 Å². The van der Waals surface area contributed by atoms with Crippen LogP contribution in [0.5, 0.6) is 17.2 Å². The lowest BCUT2D eigenvalue weighted by molar-refractivity contribution is 0.0991. The first-order valence-electron chi connectivity index (χ1n) is 6.86. The van der Waals surface area contributed by atoms with Gasteiger partial charge >= 0.3 is 0 Å². The van der Waals surface area contributed by atoms with Gasteiger partial charge in [0.05, 0.1) is 32.6 Å². The monoisotopic (exact) mass is 427 g/mol. The number of para-hydroxylation sites is 2. The van der Waals surface area contributed by atoms with Crippen LogP contribution in [0.4, 0.5) is 5.69 Å². The van der Waals surface area contributed by atoms with Crippen molar-refractivity contribution in [3.8, 4) is 17.2 Å². The van der Waals surface area contributed by atoms with Crippen LogP contribution >= 0.6 is 22.6 Å². The van der Waals surface area contributed by atoms with Crippen molar-refractivity contribution in [1.29, 1.82) is 0 Å². The number of hydrogen-bond acceptors (Lipinski definition) is 4. The summed E-state index contributed by atoms with van der Waals surface area (Å²) in [6.07, 6.45) is 0. The fourth-order valence-corrected chi connectivity index (χ4v) is 2.88. The van der Waals surface area contributed by atoms with Crippen molar-refractivity contribution in [2.24, 2.45) is 0 Å². The molecule has 0 aromatic heterocycles. The van der Waals surface area contributed by atoms with Gasteiger partial charge in [0.1, 0.15) is 5.75 Å². The molecule has 0 radical (unpaired) electrons.